The highest BCUT2D eigenvalue weighted by Crippen LogP contribution is 2.19. The highest BCUT2D eigenvalue weighted by molar-refractivity contribution is 9.10. The first-order valence-corrected chi connectivity index (χ1v) is 4.86. The van der Waals surface area contributed by atoms with E-state index in [0.29, 0.717) is 11.3 Å². The van der Waals surface area contributed by atoms with E-state index in [-0.39, 0.29) is 5.56 Å². The van der Waals surface area contributed by atoms with Crippen LogP contribution in [0, 0.1) is 0 Å². The summed E-state index contributed by atoms with van der Waals surface area (Å²) in [6, 6.07) is 7.29. The molecule has 0 bridgehead atoms. The van der Waals surface area contributed by atoms with Gasteiger partial charge in [0.1, 0.15) is 0 Å². The molecule has 0 unspecified atom stereocenters. The Labute approximate surface area is 88.8 Å². The molecule has 1 N–H and O–H groups in total. The summed E-state index contributed by atoms with van der Waals surface area (Å²) in [7, 11) is 1.52. The molecule has 72 valence electrons. The van der Waals surface area contributed by atoms with Crippen molar-refractivity contribution < 1.29 is 4.74 Å². The minimum atomic E-state index is -0.133. The fourth-order valence-corrected chi connectivity index (χ4v) is 1.71. The Hall–Kier alpha value is -1.29. The Morgan fingerprint density at radius 1 is 1.36 bits per heavy atom. The molecule has 0 atom stereocenters. The van der Waals surface area contributed by atoms with Crippen LogP contribution in [-0.2, 0) is 0 Å². The van der Waals surface area contributed by atoms with Gasteiger partial charge in [0.05, 0.1) is 7.11 Å². The minimum absolute atomic E-state index is 0.133. The Kier molecular flexibility index (Phi) is 2.29. The lowest BCUT2D eigenvalue weighted by Crippen LogP contribution is -2.07. The predicted octanol–water partition coefficient (Wildman–Crippen LogP) is 2.30. The van der Waals surface area contributed by atoms with Crippen molar-refractivity contribution in [2.45, 2.75) is 0 Å². The summed E-state index contributed by atoms with van der Waals surface area (Å²) in [5.41, 5.74) is -0.133. The van der Waals surface area contributed by atoms with Crippen LogP contribution in [0.1, 0.15) is 0 Å². The Morgan fingerprint density at radius 2 is 2.14 bits per heavy atom. The number of aromatic amines is 1. The normalized spacial score (nSPS) is 10.4. The zero-order valence-electron chi connectivity index (χ0n) is 7.50. The van der Waals surface area contributed by atoms with Crippen LogP contribution in [0.5, 0.6) is 5.88 Å². The van der Waals surface area contributed by atoms with Crippen LogP contribution in [0.15, 0.2) is 33.5 Å². The number of ether oxygens (including phenoxy) is 1. The van der Waals surface area contributed by atoms with Gasteiger partial charge in [-0.25, -0.2) is 0 Å². The number of hydrogen-bond donors (Lipinski definition) is 1. The average Bonchev–Trinajstić information content (AvgIpc) is 2.16. The van der Waals surface area contributed by atoms with Crippen LogP contribution >= 0.6 is 15.9 Å². The van der Waals surface area contributed by atoms with Crippen molar-refractivity contribution in [2.75, 3.05) is 7.11 Å². The Balaban J connectivity index is 2.84. The second kappa shape index (κ2) is 3.46. The van der Waals surface area contributed by atoms with E-state index in [0.717, 1.165) is 9.86 Å². The number of fused-ring (bicyclic) bond motifs is 1. The van der Waals surface area contributed by atoms with Crippen LogP contribution in [0.25, 0.3) is 10.8 Å². The molecular formula is C10H8BrNO2. The van der Waals surface area contributed by atoms with Gasteiger partial charge in [-0.15, -0.1) is 0 Å². The summed E-state index contributed by atoms with van der Waals surface area (Å²) in [6.07, 6.45) is 0. The van der Waals surface area contributed by atoms with Crippen molar-refractivity contribution >= 4 is 26.7 Å². The number of H-pyrrole nitrogens is 1. The van der Waals surface area contributed by atoms with E-state index in [1.54, 1.807) is 12.1 Å². The number of benzene rings is 1. The summed E-state index contributed by atoms with van der Waals surface area (Å²) >= 11 is 3.35. The van der Waals surface area contributed by atoms with Gasteiger partial charge in [0, 0.05) is 15.9 Å². The number of rotatable bonds is 1. The molecule has 2 rings (SSSR count). The molecule has 2 aromatic rings. The molecule has 0 spiro atoms. The van der Waals surface area contributed by atoms with E-state index in [9.17, 15) is 4.79 Å². The Morgan fingerprint density at radius 3 is 2.86 bits per heavy atom. The molecule has 0 amide bonds. The maximum absolute atomic E-state index is 11.5. The molecule has 3 nitrogen and oxygen atoms in total. The topological polar surface area (TPSA) is 42.1 Å². The quantitative estimate of drug-likeness (QED) is 0.848. The van der Waals surface area contributed by atoms with Crippen LogP contribution in [0.3, 0.4) is 0 Å². The Bertz CT molecular complexity index is 533. The van der Waals surface area contributed by atoms with E-state index >= 15 is 0 Å². The molecule has 0 radical (unpaired) electrons. The average molecular weight is 254 g/mol. The zero-order chi connectivity index (χ0) is 10.1. The monoisotopic (exact) mass is 253 g/mol. The summed E-state index contributed by atoms with van der Waals surface area (Å²) in [5.74, 6) is 0.473. The number of aromatic nitrogens is 1. The van der Waals surface area contributed by atoms with E-state index in [4.69, 9.17) is 4.74 Å². The third-order valence-corrected chi connectivity index (χ3v) is 2.49. The third kappa shape index (κ3) is 1.53. The smallest absolute Gasteiger partial charge is 0.258 e. The van der Waals surface area contributed by atoms with Crippen LogP contribution in [0.2, 0.25) is 0 Å². The highest BCUT2D eigenvalue weighted by Gasteiger charge is 2.01. The third-order valence-electron chi connectivity index (χ3n) is 2.00. The number of pyridine rings is 1. The van der Waals surface area contributed by atoms with Gasteiger partial charge >= 0.3 is 0 Å². The van der Waals surface area contributed by atoms with Crippen molar-refractivity contribution in [3.05, 3.63) is 39.1 Å². The molecule has 0 aliphatic rings. The molecule has 0 aliphatic carbocycles. The molecule has 0 fully saturated rings. The van der Waals surface area contributed by atoms with Crippen LogP contribution < -0.4 is 10.3 Å². The molecular weight excluding hydrogens is 246 g/mol. The van der Waals surface area contributed by atoms with Gasteiger partial charge in [-0.2, -0.15) is 0 Å². The van der Waals surface area contributed by atoms with E-state index in [1.165, 1.54) is 7.11 Å². The van der Waals surface area contributed by atoms with Gasteiger partial charge in [0.15, 0.2) is 5.88 Å². The van der Waals surface area contributed by atoms with Crippen LogP contribution in [-0.4, -0.2) is 12.1 Å². The van der Waals surface area contributed by atoms with Gasteiger partial charge in [0.2, 0.25) is 0 Å². The summed E-state index contributed by atoms with van der Waals surface area (Å²) in [5, 5.41) is 1.52. The number of hydrogen-bond acceptors (Lipinski definition) is 2. The van der Waals surface area contributed by atoms with Gasteiger partial charge in [-0.3, -0.25) is 9.78 Å². The SMILES string of the molecule is COc1cc2cc(Br)ccc2c(=O)[nH]1. The maximum atomic E-state index is 11.5. The minimum Gasteiger partial charge on any atom is -0.482 e. The van der Waals surface area contributed by atoms with E-state index in [2.05, 4.69) is 20.9 Å². The lowest BCUT2D eigenvalue weighted by atomic mass is 10.2. The fraction of sp³-hybridized carbons (Fsp3) is 0.100. The van der Waals surface area contributed by atoms with Crippen LogP contribution in [0.4, 0.5) is 0 Å². The van der Waals surface area contributed by atoms with Crippen molar-refractivity contribution in [3.8, 4) is 5.88 Å². The van der Waals surface area contributed by atoms with E-state index < -0.39 is 0 Å². The van der Waals surface area contributed by atoms with Gasteiger partial charge in [0.25, 0.3) is 5.56 Å². The molecule has 0 aliphatic heterocycles. The lowest BCUT2D eigenvalue weighted by molar-refractivity contribution is 0.397. The first-order valence-electron chi connectivity index (χ1n) is 4.07. The molecule has 1 heterocycles. The predicted molar refractivity (Wildman–Crippen MR) is 58.8 cm³/mol. The number of nitrogens with one attached hydrogen (secondary N) is 1. The van der Waals surface area contributed by atoms with Crippen molar-refractivity contribution in [1.29, 1.82) is 0 Å². The lowest BCUT2D eigenvalue weighted by Gasteiger charge is -2.01. The molecule has 0 saturated heterocycles. The molecule has 14 heavy (non-hydrogen) atoms. The van der Waals surface area contributed by atoms with Crippen molar-refractivity contribution in [2.24, 2.45) is 0 Å². The highest BCUT2D eigenvalue weighted by atomic mass is 79.9. The first kappa shape index (κ1) is 9.27. The number of methoxy groups -OCH3 is 1. The molecule has 1 aromatic heterocycles. The maximum Gasteiger partial charge on any atom is 0.258 e. The van der Waals surface area contributed by atoms with Gasteiger partial charge in [-0.05, 0) is 23.6 Å². The largest absolute Gasteiger partial charge is 0.482 e. The second-order valence-corrected chi connectivity index (χ2v) is 3.81. The molecule has 4 heteroatoms. The van der Waals surface area contributed by atoms with Gasteiger partial charge in [-0.1, -0.05) is 15.9 Å². The van der Waals surface area contributed by atoms with Gasteiger partial charge < -0.3 is 4.74 Å². The number of halogens is 1. The fourth-order valence-electron chi connectivity index (χ4n) is 1.33. The summed E-state index contributed by atoms with van der Waals surface area (Å²) in [6.45, 7) is 0. The zero-order valence-corrected chi connectivity index (χ0v) is 9.09. The molecule has 1 aromatic carbocycles. The first-order chi connectivity index (χ1) is 6.70. The molecule has 0 saturated carbocycles. The summed E-state index contributed by atoms with van der Waals surface area (Å²) < 4.78 is 5.91. The van der Waals surface area contributed by atoms with Crippen molar-refractivity contribution in [3.63, 3.8) is 0 Å². The second-order valence-electron chi connectivity index (χ2n) is 2.90. The van der Waals surface area contributed by atoms with Crippen molar-refractivity contribution in [1.82, 2.24) is 4.98 Å². The van der Waals surface area contributed by atoms with E-state index in [1.807, 2.05) is 12.1 Å². The standard InChI is InChI=1S/C10H8BrNO2/c1-14-9-5-6-4-7(11)2-3-8(6)10(13)12-9/h2-5H,1H3,(H,12,13). The summed E-state index contributed by atoms with van der Waals surface area (Å²) in [4.78, 5) is 14.1.